The zero-order valence-electron chi connectivity index (χ0n) is 22.6. The normalized spacial score (nSPS) is 12.2. The van der Waals surface area contributed by atoms with Crippen molar-refractivity contribution in [3.63, 3.8) is 0 Å². The molecule has 3 aromatic heterocycles. The summed E-state index contributed by atoms with van der Waals surface area (Å²) in [6, 6.07) is 9.65. The number of rotatable bonds is 6. The molecule has 0 aliphatic carbocycles. The predicted molar refractivity (Wildman–Crippen MR) is 159 cm³/mol. The maximum Gasteiger partial charge on any atom is 0.471 e. The van der Waals surface area contributed by atoms with E-state index in [1.165, 1.54) is 42.9 Å². The molecule has 47 heavy (non-hydrogen) atoms. The number of sulfonamides is 1. The number of carbonyl (C=O) groups excluding carboxylic acids is 2. The number of nitrogens with one attached hydrogen (secondary N) is 3. The van der Waals surface area contributed by atoms with Crippen LogP contribution in [0.15, 0.2) is 82.3 Å². The second-order valence-electron chi connectivity index (χ2n) is 8.81. The number of halogens is 7. The van der Waals surface area contributed by atoms with E-state index in [1.807, 2.05) is 0 Å². The summed E-state index contributed by atoms with van der Waals surface area (Å²) in [5.74, 6) is -4.36. The van der Waals surface area contributed by atoms with E-state index in [1.54, 1.807) is 16.0 Å². The largest absolute Gasteiger partial charge is 0.471 e. The van der Waals surface area contributed by atoms with E-state index in [-0.39, 0.29) is 48.1 Å². The van der Waals surface area contributed by atoms with Crippen LogP contribution in [0.4, 0.5) is 42.8 Å². The van der Waals surface area contributed by atoms with Gasteiger partial charge < -0.3 is 10.6 Å². The van der Waals surface area contributed by atoms with Gasteiger partial charge in [-0.1, -0.05) is 0 Å². The third-order valence-electron chi connectivity index (χ3n) is 5.68. The molecule has 12 nitrogen and oxygen atoms in total. The Kier molecular flexibility index (Phi) is 9.94. The number of hydrogen-bond donors (Lipinski definition) is 3. The van der Waals surface area contributed by atoms with E-state index < -0.39 is 43.2 Å². The third kappa shape index (κ3) is 8.41. The Morgan fingerprint density at radius 3 is 1.57 bits per heavy atom. The Bertz CT molecular complexity index is 2200. The van der Waals surface area contributed by atoms with Gasteiger partial charge in [0.25, 0.3) is 19.1 Å². The fraction of sp³-hybridized carbons (Fsp3) is 0.0800. The van der Waals surface area contributed by atoms with Gasteiger partial charge in [-0.3, -0.25) is 24.3 Å². The number of benzene rings is 2. The van der Waals surface area contributed by atoms with Gasteiger partial charge in [-0.05, 0) is 48.5 Å². The Morgan fingerprint density at radius 2 is 1.15 bits per heavy atom. The van der Waals surface area contributed by atoms with E-state index in [0.717, 1.165) is 35.6 Å². The van der Waals surface area contributed by atoms with Crippen molar-refractivity contribution in [3.8, 4) is 0 Å². The second-order valence-corrected chi connectivity index (χ2v) is 13.9. The van der Waals surface area contributed by atoms with Crippen LogP contribution in [0.5, 0.6) is 0 Å². The minimum Gasteiger partial charge on any atom is -0.316 e. The first kappa shape index (κ1) is 35.3. The highest BCUT2D eigenvalue weighted by Crippen LogP contribution is 2.32. The van der Waals surface area contributed by atoms with Crippen molar-refractivity contribution in [2.24, 2.45) is 0 Å². The number of nitrogens with zero attached hydrogens (tertiary/aromatic N) is 3. The highest BCUT2D eigenvalue weighted by molar-refractivity contribution is 8.14. The van der Waals surface area contributed by atoms with E-state index in [2.05, 4.69) is 19.7 Å². The lowest BCUT2D eigenvalue weighted by Gasteiger charge is -2.13. The number of amides is 2. The highest BCUT2D eigenvalue weighted by atomic mass is 35.7. The summed E-state index contributed by atoms with van der Waals surface area (Å²) in [4.78, 5) is 33.1. The molecular formula is C25H15ClF6N6O6S3. The lowest BCUT2D eigenvalue weighted by molar-refractivity contribution is -0.167. The number of alkyl halides is 6. The molecule has 3 N–H and O–H groups in total. The number of pyridine rings is 2. The molecule has 0 radical (unpaired) electrons. The molecule has 0 spiro atoms. The number of carbonyl (C=O) groups is 2. The van der Waals surface area contributed by atoms with E-state index in [9.17, 15) is 52.8 Å². The average molecular weight is 741 g/mol. The quantitative estimate of drug-likeness (QED) is 0.147. The number of aromatic nitrogens is 3. The smallest absolute Gasteiger partial charge is 0.316 e. The van der Waals surface area contributed by atoms with E-state index in [4.69, 9.17) is 10.7 Å². The summed E-state index contributed by atoms with van der Waals surface area (Å²) in [6.07, 6.45) is -6.22. The summed E-state index contributed by atoms with van der Waals surface area (Å²) in [5.41, 5.74) is -0.725. The molecular weight excluding hydrogens is 726 g/mol. The SMILES string of the molecule is O=C(Nc1ccc(S(=O)(=O)Cl)c2cccnc12)C(F)(F)F.O=C(Nc1ccc(S(=O)(=O)Nc2nccs2)c2cccnc12)C(F)(F)F. The zero-order valence-corrected chi connectivity index (χ0v) is 25.8. The first-order chi connectivity index (χ1) is 21.8. The molecule has 5 aromatic rings. The molecule has 5 rings (SSSR count). The van der Waals surface area contributed by atoms with Gasteiger partial charge in [0.2, 0.25) is 0 Å². The van der Waals surface area contributed by atoms with Crippen molar-refractivity contribution in [3.05, 3.63) is 72.5 Å². The molecule has 0 aliphatic rings. The summed E-state index contributed by atoms with van der Waals surface area (Å²) >= 11 is 1.07. The predicted octanol–water partition coefficient (Wildman–Crippen LogP) is 5.66. The molecule has 0 fully saturated rings. The topological polar surface area (TPSA) is 177 Å². The van der Waals surface area contributed by atoms with Crippen LogP contribution in [-0.2, 0) is 28.7 Å². The van der Waals surface area contributed by atoms with E-state index in [0.29, 0.717) is 0 Å². The lowest BCUT2D eigenvalue weighted by atomic mass is 10.2. The molecule has 0 saturated heterocycles. The van der Waals surface area contributed by atoms with Crippen LogP contribution in [0.2, 0.25) is 0 Å². The van der Waals surface area contributed by atoms with Crippen molar-refractivity contribution in [2.75, 3.05) is 15.4 Å². The van der Waals surface area contributed by atoms with Crippen molar-refractivity contribution in [1.29, 1.82) is 0 Å². The summed E-state index contributed by atoms with van der Waals surface area (Å²) < 4.78 is 124. The molecule has 0 aliphatic heterocycles. The molecule has 0 unspecified atom stereocenters. The molecule has 2 amide bonds. The Hall–Kier alpha value is -4.60. The maximum absolute atomic E-state index is 12.6. The third-order valence-corrected chi connectivity index (χ3v) is 9.27. The molecule has 0 saturated carbocycles. The molecule has 0 bridgehead atoms. The lowest BCUT2D eigenvalue weighted by Crippen LogP contribution is -2.30. The van der Waals surface area contributed by atoms with Crippen molar-refractivity contribution >= 4 is 91.2 Å². The Morgan fingerprint density at radius 1 is 0.681 bits per heavy atom. The van der Waals surface area contributed by atoms with Crippen molar-refractivity contribution in [1.82, 2.24) is 15.0 Å². The van der Waals surface area contributed by atoms with Crippen LogP contribution >= 0.6 is 22.0 Å². The summed E-state index contributed by atoms with van der Waals surface area (Å²) in [5, 5.41) is 5.11. The number of thiazole rings is 1. The minimum absolute atomic E-state index is 0.00692. The van der Waals surface area contributed by atoms with Crippen molar-refractivity contribution in [2.45, 2.75) is 22.1 Å². The monoisotopic (exact) mass is 740 g/mol. The average Bonchev–Trinajstić information content (AvgIpc) is 3.48. The Balaban J connectivity index is 0.000000218. The van der Waals surface area contributed by atoms with Gasteiger partial charge in [0.1, 0.15) is 0 Å². The van der Waals surface area contributed by atoms with Gasteiger partial charge in [-0.15, -0.1) is 11.3 Å². The van der Waals surface area contributed by atoms with Crippen LogP contribution in [0, 0.1) is 0 Å². The van der Waals surface area contributed by atoms with E-state index >= 15 is 0 Å². The maximum atomic E-state index is 12.6. The van der Waals surface area contributed by atoms with Gasteiger partial charge in [0.05, 0.1) is 32.2 Å². The standard InChI is InChI=1S/C14H9F3N4O3S2.C11H6ClF3N2O3S/c15-14(16,17)12(22)20-9-3-4-10(8-2-1-5-18-11(8)9)26(23,24)21-13-19-6-7-25-13;12-21(19,20)8-4-3-7(17-10(18)11(13,14)15)9-6(8)2-1-5-16-9/h1-7H,(H,19,21)(H,20,22);1-5H,(H,17,18). The fourth-order valence-corrected chi connectivity index (χ4v) is 6.82. The number of anilines is 3. The van der Waals surface area contributed by atoms with Gasteiger partial charge in [0, 0.05) is 45.4 Å². The summed E-state index contributed by atoms with van der Waals surface area (Å²) in [6.45, 7) is 0. The van der Waals surface area contributed by atoms with Gasteiger partial charge in [-0.25, -0.2) is 21.8 Å². The van der Waals surface area contributed by atoms with Crippen molar-refractivity contribution < 1.29 is 52.8 Å². The van der Waals surface area contributed by atoms with Crippen LogP contribution in [0.1, 0.15) is 0 Å². The zero-order chi connectivity index (χ0) is 34.8. The molecule has 3 heterocycles. The van der Waals surface area contributed by atoms with Crippen LogP contribution in [-0.4, -0.2) is 56.0 Å². The first-order valence-corrected chi connectivity index (χ1v) is 16.8. The van der Waals surface area contributed by atoms with Gasteiger partial charge in [0.15, 0.2) is 5.13 Å². The fourth-order valence-electron chi connectivity index (χ4n) is 3.77. The molecule has 0 atom stereocenters. The van der Waals surface area contributed by atoms with Crippen LogP contribution < -0.4 is 15.4 Å². The number of hydrogen-bond acceptors (Lipinski definition) is 10. The molecule has 248 valence electrons. The molecule has 22 heteroatoms. The Labute approximate surface area is 268 Å². The molecule has 2 aromatic carbocycles. The van der Waals surface area contributed by atoms with Gasteiger partial charge in [-0.2, -0.15) is 26.3 Å². The van der Waals surface area contributed by atoms with Crippen LogP contribution in [0.25, 0.3) is 21.8 Å². The minimum atomic E-state index is -5.09. The highest BCUT2D eigenvalue weighted by Gasteiger charge is 2.40. The summed E-state index contributed by atoms with van der Waals surface area (Å²) in [7, 11) is -2.92. The first-order valence-electron chi connectivity index (χ1n) is 12.2. The van der Waals surface area contributed by atoms with Gasteiger partial charge >= 0.3 is 24.2 Å². The second kappa shape index (κ2) is 13.3. The van der Waals surface area contributed by atoms with Crippen LogP contribution in [0.3, 0.4) is 0 Å². The number of fused-ring (bicyclic) bond motifs is 2.